The summed E-state index contributed by atoms with van der Waals surface area (Å²) in [5.41, 5.74) is -0.290. The third-order valence-corrected chi connectivity index (χ3v) is 6.80. The van der Waals surface area contributed by atoms with Crippen LogP contribution in [0.2, 0.25) is 5.02 Å². The molecule has 2 fully saturated rings. The Morgan fingerprint density at radius 2 is 1.75 bits per heavy atom. The quantitative estimate of drug-likeness (QED) is 0.633. The van der Waals surface area contributed by atoms with Crippen molar-refractivity contribution >= 4 is 35.8 Å². The van der Waals surface area contributed by atoms with E-state index in [0.717, 1.165) is 17.7 Å². The fourth-order valence-electron chi connectivity index (χ4n) is 4.92. The van der Waals surface area contributed by atoms with Gasteiger partial charge in [0.25, 0.3) is 0 Å². The molecule has 0 aromatic heterocycles. The predicted octanol–water partition coefficient (Wildman–Crippen LogP) is 4.77. The SMILES string of the molecule is Cl.O=C1CC[C@@](c2ccc(F)cc2F)(C2CCN(Cc3ccc(Cl)c(F)c3)CC2)C(=O)N1. The Bertz CT molecular complexity index is 1030. The van der Waals surface area contributed by atoms with Gasteiger partial charge in [-0.1, -0.05) is 23.7 Å². The number of hydrogen-bond donors (Lipinski definition) is 1. The van der Waals surface area contributed by atoms with Gasteiger partial charge >= 0.3 is 0 Å². The molecule has 32 heavy (non-hydrogen) atoms. The molecule has 2 heterocycles. The van der Waals surface area contributed by atoms with Crippen LogP contribution < -0.4 is 5.32 Å². The van der Waals surface area contributed by atoms with E-state index in [9.17, 15) is 22.8 Å². The molecule has 0 saturated carbocycles. The molecule has 4 rings (SSSR count). The van der Waals surface area contributed by atoms with Gasteiger partial charge in [0.2, 0.25) is 11.8 Å². The Morgan fingerprint density at radius 1 is 1.03 bits per heavy atom. The standard InChI is InChI=1S/C23H22ClF3N2O2.ClH/c24-18-4-1-14(11-20(18)27)13-29-9-6-15(7-10-29)23(8-5-21(30)28-22(23)31)17-3-2-16(25)12-19(17)26;/h1-4,11-12,15H,5-10,13H2,(H,28,30,31);1H/t23-;/m0./s1. The molecule has 1 N–H and O–H groups in total. The summed E-state index contributed by atoms with van der Waals surface area (Å²) in [6.45, 7) is 1.78. The molecule has 9 heteroatoms. The number of nitrogens with zero attached hydrogens (tertiary/aromatic N) is 1. The number of amides is 2. The topological polar surface area (TPSA) is 49.4 Å². The summed E-state index contributed by atoms with van der Waals surface area (Å²) in [6, 6.07) is 7.95. The number of piperidine rings is 2. The monoisotopic (exact) mass is 486 g/mol. The minimum absolute atomic E-state index is 0. The van der Waals surface area contributed by atoms with Crippen molar-refractivity contribution in [3.8, 4) is 0 Å². The zero-order chi connectivity index (χ0) is 22.2. The molecule has 0 unspecified atom stereocenters. The summed E-state index contributed by atoms with van der Waals surface area (Å²) >= 11 is 5.74. The lowest BCUT2D eigenvalue weighted by atomic mass is 9.62. The van der Waals surface area contributed by atoms with Crippen LogP contribution in [-0.4, -0.2) is 29.8 Å². The summed E-state index contributed by atoms with van der Waals surface area (Å²) in [4.78, 5) is 27.0. The van der Waals surface area contributed by atoms with Gasteiger partial charge in [0.1, 0.15) is 17.5 Å². The van der Waals surface area contributed by atoms with Crippen molar-refractivity contribution in [3.63, 3.8) is 0 Å². The number of rotatable bonds is 4. The number of carbonyl (C=O) groups excluding carboxylic acids is 2. The fraction of sp³-hybridized carbons (Fsp3) is 0.391. The first kappa shape index (κ1) is 24.6. The van der Waals surface area contributed by atoms with Crippen molar-refractivity contribution in [1.29, 1.82) is 0 Å². The molecule has 1 atom stereocenters. The molecule has 0 bridgehead atoms. The highest BCUT2D eigenvalue weighted by Gasteiger charge is 2.51. The maximum atomic E-state index is 14.8. The fourth-order valence-corrected chi connectivity index (χ4v) is 5.04. The average molecular weight is 487 g/mol. The Labute approximate surface area is 195 Å². The molecule has 2 aliphatic rings. The Hall–Kier alpha value is -2.09. The van der Waals surface area contributed by atoms with E-state index in [1.54, 1.807) is 6.07 Å². The molecule has 2 amide bonds. The highest BCUT2D eigenvalue weighted by atomic mass is 35.5. The first-order valence-electron chi connectivity index (χ1n) is 10.3. The van der Waals surface area contributed by atoms with Gasteiger partial charge in [-0.05, 0) is 62.0 Å². The second kappa shape index (κ2) is 9.81. The Morgan fingerprint density at radius 3 is 2.38 bits per heavy atom. The first-order chi connectivity index (χ1) is 14.8. The molecule has 2 aromatic carbocycles. The van der Waals surface area contributed by atoms with Crippen molar-refractivity contribution in [2.75, 3.05) is 13.1 Å². The van der Waals surface area contributed by atoms with Crippen LogP contribution in [0.5, 0.6) is 0 Å². The van der Waals surface area contributed by atoms with Crippen LogP contribution >= 0.6 is 24.0 Å². The van der Waals surface area contributed by atoms with E-state index >= 15 is 0 Å². The molecule has 2 aromatic rings. The van der Waals surface area contributed by atoms with Gasteiger partial charge in [0, 0.05) is 24.6 Å². The number of halogens is 5. The maximum Gasteiger partial charge on any atom is 0.237 e. The Balaban J connectivity index is 0.00000289. The molecular weight excluding hydrogens is 464 g/mol. The van der Waals surface area contributed by atoms with E-state index in [4.69, 9.17) is 11.6 Å². The van der Waals surface area contributed by atoms with Gasteiger partial charge < -0.3 is 0 Å². The minimum atomic E-state index is -1.22. The minimum Gasteiger partial charge on any atom is -0.299 e. The highest BCUT2D eigenvalue weighted by molar-refractivity contribution is 6.30. The lowest BCUT2D eigenvalue weighted by Crippen LogP contribution is -2.57. The van der Waals surface area contributed by atoms with Gasteiger partial charge in [0.15, 0.2) is 0 Å². The third-order valence-electron chi connectivity index (χ3n) is 6.49. The summed E-state index contributed by atoms with van der Waals surface area (Å²) < 4.78 is 42.0. The number of hydrogen-bond acceptors (Lipinski definition) is 3. The van der Waals surface area contributed by atoms with Crippen molar-refractivity contribution in [2.24, 2.45) is 5.92 Å². The van der Waals surface area contributed by atoms with Crippen LogP contribution in [0.4, 0.5) is 13.2 Å². The van der Waals surface area contributed by atoms with Gasteiger partial charge in [-0.15, -0.1) is 12.4 Å². The zero-order valence-electron chi connectivity index (χ0n) is 17.2. The highest BCUT2D eigenvalue weighted by Crippen LogP contribution is 2.45. The van der Waals surface area contributed by atoms with Crippen molar-refractivity contribution < 1.29 is 22.8 Å². The van der Waals surface area contributed by atoms with Gasteiger partial charge in [-0.25, -0.2) is 13.2 Å². The van der Waals surface area contributed by atoms with Crippen LogP contribution in [0, 0.1) is 23.4 Å². The van der Waals surface area contributed by atoms with Crippen molar-refractivity contribution in [1.82, 2.24) is 10.2 Å². The number of benzene rings is 2. The molecule has 2 aliphatic heterocycles. The molecule has 0 aliphatic carbocycles. The Kier molecular flexibility index (Phi) is 7.53. The summed E-state index contributed by atoms with van der Waals surface area (Å²) in [6.07, 6.45) is 1.48. The number of carbonyl (C=O) groups is 2. The summed E-state index contributed by atoms with van der Waals surface area (Å²) in [5.74, 6) is -3.07. The summed E-state index contributed by atoms with van der Waals surface area (Å²) in [7, 11) is 0. The summed E-state index contributed by atoms with van der Waals surface area (Å²) in [5, 5.41) is 2.44. The molecule has 0 radical (unpaired) electrons. The number of imide groups is 1. The predicted molar refractivity (Wildman–Crippen MR) is 117 cm³/mol. The normalized spacial score (nSPS) is 22.4. The van der Waals surface area contributed by atoms with E-state index in [1.165, 1.54) is 18.2 Å². The van der Waals surface area contributed by atoms with E-state index in [0.29, 0.717) is 32.5 Å². The lowest BCUT2D eigenvalue weighted by molar-refractivity contribution is -0.140. The van der Waals surface area contributed by atoms with Crippen molar-refractivity contribution in [3.05, 3.63) is 70.0 Å². The van der Waals surface area contributed by atoms with E-state index in [-0.39, 0.29) is 47.7 Å². The van der Waals surface area contributed by atoms with Crippen LogP contribution in [0.15, 0.2) is 36.4 Å². The largest absolute Gasteiger partial charge is 0.299 e. The lowest BCUT2D eigenvalue weighted by Gasteiger charge is -2.45. The number of nitrogens with one attached hydrogen (secondary N) is 1. The average Bonchev–Trinajstić information content (AvgIpc) is 2.72. The van der Waals surface area contributed by atoms with E-state index in [2.05, 4.69) is 10.2 Å². The van der Waals surface area contributed by atoms with E-state index < -0.39 is 28.8 Å². The molecule has 4 nitrogen and oxygen atoms in total. The molecular formula is C23H23Cl2F3N2O2. The zero-order valence-corrected chi connectivity index (χ0v) is 18.7. The molecule has 172 valence electrons. The van der Waals surface area contributed by atoms with Gasteiger partial charge in [-0.3, -0.25) is 19.8 Å². The molecule has 0 spiro atoms. The van der Waals surface area contributed by atoms with Crippen molar-refractivity contribution in [2.45, 2.75) is 37.6 Å². The maximum absolute atomic E-state index is 14.8. The number of likely N-dealkylation sites (tertiary alicyclic amines) is 1. The van der Waals surface area contributed by atoms with Crippen LogP contribution in [0.25, 0.3) is 0 Å². The van der Waals surface area contributed by atoms with Crippen LogP contribution in [0.3, 0.4) is 0 Å². The van der Waals surface area contributed by atoms with Crippen LogP contribution in [-0.2, 0) is 21.5 Å². The van der Waals surface area contributed by atoms with Crippen LogP contribution in [0.1, 0.15) is 36.8 Å². The smallest absolute Gasteiger partial charge is 0.237 e. The first-order valence-corrected chi connectivity index (χ1v) is 10.6. The second-order valence-electron chi connectivity index (χ2n) is 8.27. The van der Waals surface area contributed by atoms with E-state index in [1.807, 2.05) is 0 Å². The van der Waals surface area contributed by atoms with Gasteiger partial charge in [0.05, 0.1) is 10.4 Å². The molecule has 2 saturated heterocycles. The van der Waals surface area contributed by atoms with Gasteiger partial charge in [-0.2, -0.15) is 0 Å². The third kappa shape index (κ3) is 4.65. The second-order valence-corrected chi connectivity index (χ2v) is 8.68.